The maximum absolute atomic E-state index is 13.6. The molecule has 0 atom stereocenters. The second kappa shape index (κ2) is 8.14. The Bertz CT molecular complexity index is 777. The number of amides is 1. The van der Waals surface area contributed by atoms with Gasteiger partial charge in [-0.2, -0.15) is 0 Å². The molecule has 0 spiro atoms. The van der Waals surface area contributed by atoms with Gasteiger partial charge in [-0.3, -0.25) is 4.79 Å². The van der Waals surface area contributed by atoms with Crippen LogP contribution in [0.1, 0.15) is 0 Å². The van der Waals surface area contributed by atoms with Crippen LogP contribution in [-0.4, -0.2) is 45.7 Å². The molecule has 1 heterocycles. The van der Waals surface area contributed by atoms with Gasteiger partial charge in [-0.25, -0.2) is 8.78 Å². The summed E-state index contributed by atoms with van der Waals surface area (Å²) in [6.07, 6.45) is 0. The molecule has 0 unspecified atom stereocenters. The van der Waals surface area contributed by atoms with Crippen molar-refractivity contribution in [3.8, 4) is 5.75 Å². The molecule has 0 radical (unpaired) electrons. The molecule has 3 rings (SSSR count). The molecular weight excluding hydrogens is 340 g/mol. The fourth-order valence-electron chi connectivity index (χ4n) is 3.15. The third kappa shape index (κ3) is 4.29. The van der Waals surface area contributed by atoms with Gasteiger partial charge in [-0.15, -0.1) is 0 Å². The van der Waals surface area contributed by atoms with E-state index in [1.54, 1.807) is 7.11 Å². The minimum Gasteiger partial charge on any atom is -0.495 e. The van der Waals surface area contributed by atoms with Crippen LogP contribution in [0, 0.1) is 11.6 Å². The van der Waals surface area contributed by atoms with Crippen molar-refractivity contribution in [2.24, 2.45) is 0 Å². The lowest BCUT2D eigenvalue weighted by molar-refractivity contribution is -0.892. The van der Waals surface area contributed by atoms with E-state index in [0.717, 1.165) is 60.7 Å². The predicted molar refractivity (Wildman–Crippen MR) is 95.8 cm³/mol. The smallest absolute Gasteiger partial charge is 0.279 e. The van der Waals surface area contributed by atoms with Gasteiger partial charge in [0.2, 0.25) is 0 Å². The average Bonchev–Trinajstić information content (AvgIpc) is 2.65. The predicted octanol–water partition coefficient (Wildman–Crippen LogP) is 1.32. The zero-order valence-corrected chi connectivity index (χ0v) is 14.6. The Morgan fingerprint density at radius 1 is 1.19 bits per heavy atom. The van der Waals surface area contributed by atoms with Gasteiger partial charge in [0.25, 0.3) is 5.91 Å². The molecule has 0 aliphatic carbocycles. The zero-order valence-electron chi connectivity index (χ0n) is 14.6. The highest BCUT2D eigenvalue weighted by atomic mass is 19.1. The van der Waals surface area contributed by atoms with E-state index >= 15 is 0 Å². The number of piperazine rings is 1. The summed E-state index contributed by atoms with van der Waals surface area (Å²) in [6, 6.07) is 10.9. The number of quaternary nitrogens is 1. The van der Waals surface area contributed by atoms with Crippen LogP contribution < -0.4 is 19.9 Å². The largest absolute Gasteiger partial charge is 0.495 e. The number of nitrogens with one attached hydrogen (secondary N) is 2. The lowest BCUT2D eigenvalue weighted by Gasteiger charge is -2.34. The summed E-state index contributed by atoms with van der Waals surface area (Å²) in [5.41, 5.74) is 0.919. The maximum Gasteiger partial charge on any atom is 0.279 e. The summed E-state index contributed by atoms with van der Waals surface area (Å²) in [5.74, 6) is -0.722. The summed E-state index contributed by atoms with van der Waals surface area (Å²) in [6.45, 7) is 3.35. The number of nitrogens with zero attached hydrogens (tertiary/aromatic N) is 1. The van der Waals surface area contributed by atoms with Crippen LogP contribution in [0.3, 0.4) is 0 Å². The van der Waals surface area contributed by atoms with Gasteiger partial charge in [0.05, 0.1) is 44.7 Å². The molecule has 5 nitrogen and oxygen atoms in total. The van der Waals surface area contributed by atoms with Gasteiger partial charge in [-0.1, -0.05) is 12.1 Å². The first-order valence-corrected chi connectivity index (χ1v) is 8.53. The molecule has 0 saturated carbocycles. The number of halogens is 2. The third-order valence-electron chi connectivity index (χ3n) is 4.51. The second-order valence-corrected chi connectivity index (χ2v) is 6.26. The van der Waals surface area contributed by atoms with E-state index in [0.29, 0.717) is 0 Å². The van der Waals surface area contributed by atoms with E-state index in [1.807, 2.05) is 24.3 Å². The lowest BCUT2D eigenvalue weighted by Crippen LogP contribution is -3.15. The van der Waals surface area contributed by atoms with Crippen molar-refractivity contribution in [2.45, 2.75) is 0 Å². The number of ether oxygens (including phenoxy) is 1. The number of rotatable bonds is 5. The molecule has 138 valence electrons. The molecule has 2 N–H and O–H groups in total. The average molecular weight is 362 g/mol. The van der Waals surface area contributed by atoms with E-state index in [4.69, 9.17) is 4.74 Å². The molecule has 1 amide bonds. The minimum atomic E-state index is -0.643. The van der Waals surface area contributed by atoms with Gasteiger partial charge >= 0.3 is 0 Å². The Hall–Kier alpha value is -2.67. The van der Waals surface area contributed by atoms with Crippen LogP contribution >= 0.6 is 0 Å². The van der Waals surface area contributed by atoms with Crippen LogP contribution in [-0.2, 0) is 4.79 Å². The number of para-hydroxylation sites is 2. The highest BCUT2D eigenvalue weighted by Gasteiger charge is 2.24. The normalized spacial score (nSPS) is 15.0. The van der Waals surface area contributed by atoms with Gasteiger partial charge in [0.15, 0.2) is 6.54 Å². The van der Waals surface area contributed by atoms with Crippen LogP contribution in [0.4, 0.5) is 20.2 Å². The van der Waals surface area contributed by atoms with Crippen molar-refractivity contribution in [1.82, 2.24) is 0 Å². The summed E-state index contributed by atoms with van der Waals surface area (Å²) in [4.78, 5) is 15.5. The number of carbonyl (C=O) groups is 1. The first kappa shape index (κ1) is 18.1. The third-order valence-corrected chi connectivity index (χ3v) is 4.51. The number of hydrogen-bond donors (Lipinski definition) is 2. The van der Waals surface area contributed by atoms with Gasteiger partial charge in [0.1, 0.15) is 17.4 Å². The van der Waals surface area contributed by atoms with Crippen molar-refractivity contribution in [1.29, 1.82) is 0 Å². The summed E-state index contributed by atoms with van der Waals surface area (Å²) in [5, 5.41) is 2.45. The Morgan fingerprint density at radius 2 is 1.92 bits per heavy atom. The summed E-state index contributed by atoms with van der Waals surface area (Å²) >= 11 is 0. The van der Waals surface area contributed by atoms with Crippen molar-refractivity contribution in [3.05, 3.63) is 54.1 Å². The highest BCUT2D eigenvalue weighted by molar-refractivity contribution is 5.91. The Balaban J connectivity index is 1.54. The van der Waals surface area contributed by atoms with E-state index in [-0.39, 0.29) is 18.1 Å². The van der Waals surface area contributed by atoms with Crippen molar-refractivity contribution in [3.63, 3.8) is 0 Å². The fourth-order valence-corrected chi connectivity index (χ4v) is 3.15. The van der Waals surface area contributed by atoms with Gasteiger partial charge < -0.3 is 19.9 Å². The van der Waals surface area contributed by atoms with E-state index < -0.39 is 11.6 Å². The topological polar surface area (TPSA) is 46.0 Å². The van der Waals surface area contributed by atoms with Crippen LogP contribution in [0.15, 0.2) is 42.5 Å². The van der Waals surface area contributed by atoms with E-state index in [1.165, 1.54) is 0 Å². The lowest BCUT2D eigenvalue weighted by atomic mass is 10.2. The fraction of sp³-hybridized carbons (Fsp3) is 0.316. The Labute approximate surface area is 151 Å². The van der Waals surface area contributed by atoms with Crippen molar-refractivity contribution in [2.75, 3.05) is 50.1 Å². The molecule has 1 aliphatic heterocycles. The minimum absolute atomic E-state index is 0.123. The quantitative estimate of drug-likeness (QED) is 0.843. The summed E-state index contributed by atoms with van der Waals surface area (Å²) < 4.78 is 32.2. The maximum atomic E-state index is 13.6. The molecule has 0 aromatic heterocycles. The molecular formula is C19H22F2N3O2+. The van der Waals surface area contributed by atoms with Crippen LogP contribution in [0.2, 0.25) is 0 Å². The van der Waals surface area contributed by atoms with E-state index in [2.05, 4.69) is 10.2 Å². The molecule has 26 heavy (non-hydrogen) atoms. The van der Waals surface area contributed by atoms with Gasteiger partial charge in [0, 0.05) is 6.07 Å². The Morgan fingerprint density at radius 3 is 2.65 bits per heavy atom. The first-order valence-electron chi connectivity index (χ1n) is 8.53. The van der Waals surface area contributed by atoms with Crippen molar-refractivity contribution < 1.29 is 23.2 Å². The summed E-state index contributed by atoms with van der Waals surface area (Å²) in [7, 11) is 1.65. The molecule has 2 aromatic carbocycles. The van der Waals surface area contributed by atoms with Gasteiger partial charge in [-0.05, 0) is 24.3 Å². The molecule has 1 fully saturated rings. The first-order chi connectivity index (χ1) is 12.6. The number of methoxy groups -OCH3 is 1. The molecule has 0 bridgehead atoms. The number of benzene rings is 2. The molecule has 1 aliphatic rings. The molecule has 7 heteroatoms. The number of hydrogen-bond acceptors (Lipinski definition) is 3. The number of carbonyl (C=O) groups excluding carboxylic acids is 1. The van der Waals surface area contributed by atoms with E-state index in [9.17, 15) is 13.6 Å². The van der Waals surface area contributed by atoms with Crippen molar-refractivity contribution >= 4 is 17.3 Å². The standard InChI is InChI=1S/C19H21F2N3O2/c1-26-18-5-3-2-4-17(18)24-10-8-23(9-11-24)13-19(25)22-16-12-14(20)6-7-15(16)21/h2-7,12H,8-11,13H2,1H3,(H,22,25)/p+1. The zero-order chi connectivity index (χ0) is 18.5. The molecule has 2 aromatic rings. The Kier molecular flexibility index (Phi) is 5.68. The van der Waals surface area contributed by atoms with Crippen LogP contribution in [0.5, 0.6) is 5.75 Å². The molecule has 1 saturated heterocycles. The second-order valence-electron chi connectivity index (χ2n) is 6.26. The highest BCUT2D eigenvalue weighted by Crippen LogP contribution is 2.27. The van der Waals surface area contributed by atoms with Crippen LogP contribution in [0.25, 0.3) is 0 Å². The SMILES string of the molecule is COc1ccccc1N1CC[NH+](CC(=O)Nc2cc(F)ccc2F)CC1. The number of anilines is 2. The monoisotopic (exact) mass is 362 g/mol.